The Balaban J connectivity index is 1.72. The molecule has 0 radical (unpaired) electrons. The number of benzene rings is 2. The molecule has 2 aromatic rings. The number of aryl methyl sites for hydroxylation is 1. The Kier molecular flexibility index (Phi) is 2.70. The van der Waals surface area contributed by atoms with Crippen LogP contribution < -0.4 is 10.2 Å². The number of hydrogen-bond donors (Lipinski definition) is 1. The highest BCUT2D eigenvalue weighted by atomic mass is 19.1. The van der Waals surface area contributed by atoms with E-state index < -0.39 is 0 Å². The first-order valence-corrected chi connectivity index (χ1v) is 7.05. The van der Waals surface area contributed by atoms with Gasteiger partial charge < -0.3 is 10.2 Å². The molecule has 0 aromatic heterocycles. The molecule has 0 unspecified atom stereocenters. The van der Waals surface area contributed by atoms with Crippen LogP contribution >= 0.6 is 0 Å². The summed E-state index contributed by atoms with van der Waals surface area (Å²) in [6.07, 6.45) is 0. The standard InChI is InChI=1S/C17H15FN2O/c1-10-3-2-4-11(7-10)16-14-9-21-15-6-5-12(18)8-13(15)17(14)20-19-16/h2-8,14,16,19H,9H2,1H3/t14-,16-/m0/s1. The van der Waals surface area contributed by atoms with Gasteiger partial charge in [0.2, 0.25) is 0 Å². The molecule has 0 saturated heterocycles. The Morgan fingerprint density at radius 3 is 3.00 bits per heavy atom. The van der Waals surface area contributed by atoms with E-state index >= 15 is 0 Å². The largest absolute Gasteiger partial charge is 0.492 e. The highest BCUT2D eigenvalue weighted by molar-refractivity contribution is 6.06. The van der Waals surface area contributed by atoms with Crippen LogP contribution in [-0.2, 0) is 0 Å². The maximum atomic E-state index is 13.5. The minimum Gasteiger partial charge on any atom is -0.492 e. The number of halogens is 1. The SMILES string of the molecule is Cc1cccc([C@@H]2NN=C3c4cc(F)ccc4OC[C@H]32)c1. The van der Waals surface area contributed by atoms with Gasteiger partial charge in [0.25, 0.3) is 0 Å². The second kappa shape index (κ2) is 4.58. The van der Waals surface area contributed by atoms with Gasteiger partial charge in [0.1, 0.15) is 11.6 Å². The maximum Gasteiger partial charge on any atom is 0.128 e. The summed E-state index contributed by atoms with van der Waals surface area (Å²) < 4.78 is 19.3. The van der Waals surface area contributed by atoms with Crippen molar-refractivity contribution in [3.63, 3.8) is 0 Å². The van der Waals surface area contributed by atoms with E-state index in [0.29, 0.717) is 12.4 Å². The van der Waals surface area contributed by atoms with Crippen molar-refractivity contribution in [1.82, 2.24) is 5.43 Å². The van der Waals surface area contributed by atoms with Crippen molar-refractivity contribution in [2.75, 3.05) is 6.61 Å². The lowest BCUT2D eigenvalue weighted by Crippen LogP contribution is -2.31. The molecular weight excluding hydrogens is 267 g/mol. The second-order valence-corrected chi connectivity index (χ2v) is 5.58. The number of nitrogens with zero attached hydrogens (tertiary/aromatic N) is 1. The fraction of sp³-hybridized carbons (Fsp3) is 0.235. The Morgan fingerprint density at radius 1 is 1.24 bits per heavy atom. The second-order valence-electron chi connectivity index (χ2n) is 5.58. The van der Waals surface area contributed by atoms with Gasteiger partial charge in [-0.2, -0.15) is 5.10 Å². The highest BCUT2D eigenvalue weighted by Crippen LogP contribution is 2.37. The maximum absolute atomic E-state index is 13.5. The molecule has 2 heterocycles. The minimum atomic E-state index is -0.264. The topological polar surface area (TPSA) is 33.6 Å². The van der Waals surface area contributed by atoms with Gasteiger partial charge >= 0.3 is 0 Å². The fourth-order valence-electron chi connectivity index (χ4n) is 3.08. The summed E-state index contributed by atoms with van der Waals surface area (Å²) >= 11 is 0. The molecule has 3 nitrogen and oxygen atoms in total. The summed E-state index contributed by atoms with van der Waals surface area (Å²) in [4.78, 5) is 0. The van der Waals surface area contributed by atoms with Crippen molar-refractivity contribution in [3.05, 3.63) is 65.0 Å². The van der Waals surface area contributed by atoms with Crippen LogP contribution in [0.5, 0.6) is 5.75 Å². The highest BCUT2D eigenvalue weighted by Gasteiger charge is 2.38. The lowest BCUT2D eigenvalue weighted by atomic mass is 9.86. The number of nitrogens with one attached hydrogen (secondary N) is 1. The van der Waals surface area contributed by atoms with Crippen LogP contribution in [0.2, 0.25) is 0 Å². The van der Waals surface area contributed by atoms with Crippen molar-refractivity contribution < 1.29 is 9.13 Å². The van der Waals surface area contributed by atoms with Crippen LogP contribution in [0.15, 0.2) is 47.6 Å². The molecule has 0 amide bonds. The average molecular weight is 282 g/mol. The molecule has 0 saturated carbocycles. The third kappa shape index (κ3) is 1.98. The molecule has 0 fully saturated rings. The van der Waals surface area contributed by atoms with Crippen LogP contribution in [-0.4, -0.2) is 12.3 Å². The summed E-state index contributed by atoms with van der Waals surface area (Å²) in [5.74, 6) is 0.555. The quantitative estimate of drug-likeness (QED) is 0.871. The van der Waals surface area contributed by atoms with Gasteiger partial charge in [-0.1, -0.05) is 29.8 Å². The summed E-state index contributed by atoms with van der Waals surface area (Å²) in [6, 6.07) is 13.0. The van der Waals surface area contributed by atoms with Gasteiger partial charge in [-0.3, -0.25) is 0 Å². The molecule has 106 valence electrons. The zero-order valence-corrected chi connectivity index (χ0v) is 11.6. The van der Waals surface area contributed by atoms with E-state index in [-0.39, 0.29) is 17.8 Å². The van der Waals surface area contributed by atoms with Crippen molar-refractivity contribution in [3.8, 4) is 5.75 Å². The Bertz CT molecular complexity index is 741. The van der Waals surface area contributed by atoms with E-state index in [1.54, 1.807) is 6.07 Å². The zero-order valence-electron chi connectivity index (χ0n) is 11.6. The molecule has 0 aliphatic carbocycles. The van der Waals surface area contributed by atoms with E-state index in [1.807, 2.05) is 6.07 Å². The molecule has 4 heteroatoms. The number of ether oxygens (including phenoxy) is 1. The molecular formula is C17H15FN2O. The molecule has 2 aliphatic heterocycles. The predicted octanol–water partition coefficient (Wildman–Crippen LogP) is 3.19. The van der Waals surface area contributed by atoms with Crippen LogP contribution in [0.4, 0.5) is 4.39 Å². The van der Waals surface area contributed by atoms with Gasteiger partial charge in [-0.15, -0.1) is 0 Å². The van der Waals surface area contributed by atoms with Crippen molar-refractivity contribution in [2.45, 2.75) is 13.0 Å². The van der Waals surface area contributed by atoms with Crippen LogP contribution in [0, 0.1) is 18.7 Å². The fourth-order valence-corrected chi connectivity index (χ4v) is 3.08. The number of rotatable bonds is 1. The monoisotopic (exact) mass is 282 g/mol. The molecule has 1 N–H and O–H groups in total. The normalized spacial score (nSPS) is 22.7. The molecule has 2 atom stereocenters. The zero-order chi connectivity index (χ0) is 14.4. The summed E-state index contributed by atoms with van der Waals surface area (Å²) in [5, 5.41) is 4.45. The summed E-state index contributed by atoms with van der Waals surface area (Å²) in [6.45, 7) is 2.63. The lowest BCUT2D eigenvalue weighted by Gasteiger charge is -2.27. The summed E-state index contributed by atoms with van der Waals surface area (Å²) in [5.41, 5.74) is 7.23. The molecule has 2 aromatic carbocycles. The van der Waals surface area contributed by atoms with Gasteiger partial charge in [0.15, 0.2) is 0 Å². The number of hydrazone groups is 1. The molecule has 2 aliphatic rings. The smallest absolute Gasteiger partial charge is 0.128 e. The Hall–Kier alpha value is -2.36. The van der Waals surface area contributed by atoms with Crippen molar-refractivity contribution in [1.29, 1.82) is 0 Å². The average Bonchev–Trinajstić information content (AvgIpc) is 2.91. The molecule has 0 bridgehead atoms. The number of fused-ring (bicyclic) bond motifs is 3. The van der Waals surface area contributed by atoms with Crippen molar-refractivity contribution >= 4 is 5.71 Å². The first-order valence-electron chi connectivity index (χ1n) is 7.05. The van der Waals surface area contributed by atoms with E-state index in [4.69, 9.17) is 4.74 Å². The van der Waals surface area contributed by atoms with E-state index in [2.05, 4.69) is 35.7 Å². The van der Waals surface area contributed by atoms with E-state index in [0.717, 1.165) is 11.3 Å². The third-order valence-corrected chi connectivity index (χ3v) is 4.11. The minimum absolute atomic E-state index is 0.0799. The van der Waals surface area contributed by atoms with Gasteiger partial charge in [0, 0.05) is 5.56 Å². The number of hydrogen-bond acceptors (Lipinski definition) is 3. The van der Waals surface area contributed by atoms with Crippen LogP contribution in [0.3, 0.4) is 0 Å². The van der Waals surface area contributed by atoms with Crippen LogP contribution in [0.1, 0.15) is 22.7 Å². The lowest BCUT2D eigenvalue weighted by molar-refractivity contribution is 0.253. The van der Waals surface area contributed by atoms with Gasteiger partial charge in [-0.05, 0) is 30.7 Å². The first kappa shape index (κ1) is 12.4. The van der Waals surface area contributed by atoms with E-state index in [9.17, 15) is 4.39 Å². The molecule has 0 spiro atoms. The van der Waals surface area contributed by atoms with Crippen LogP contribution in [0.25, 0.3) is 0 Å². The molecule has 4 rings (SSSR count). The first-order chi connectivity index (χ1) is 10.2. The van der Waals surface area contributed by atoms with Crippen molar-refractivity contribution in [2.24, 2.45) is 11.0 Å². The Morgan fingerprint density at radius 2 is 2.14 bits per heavy atom. The van der Waals surface area contributed by atoms with Gasteiger partial charge in [-0.25, -0.2) is 4.39 Å². The predicted molar refractivity (Wildman–Crippen MR) is 79.0 cm³/mol. The van der Waals surface area contributed by atoms with Gasteiger partial charge in [0.05, 0.1) is 24.3 Å². The third-order valence-electron chi connectivity index (χ3n) is 4.11. The summed E-state index contributed by atoms with van der Waals surface area (Å²) in [7, 11) is 0. The Labute approximate surface area is 122 Å². The van der Waals surface area contributed by atoms with E-state index in [1.165, 1.54) is 23.3 Å². The molecule has 21 heavy (non-hydrogen) atoms.